The van der Waals surface area contributed by atoms with E-state index in [9.17, 15) is 14.5 Å². The number of aliphatic imine (C=N–C) groups is 1. The van der Waals surface area contributed by atoms with Gasteiger partial charge in [-0.3, -0.25) is 15.1 Å². The minimum atomic E-state index is -0.465. The molecule has 2 rings (SSSR count). The normalized spacial score (nSPS) is 10.9. The van der Waals surface area contributed by atoms with Crippen LogP contribution in [0.5, 0.6) is 5.75 Å². The van der Waals surface area contributed by atoms with E-state index in [4.69, 9.17) is 4.74 Å². The molecule has 6 heteroatoms. The molecule has 120 valence electrons. The molecular weight excluding hydrogens is 299 g/mol. The molecule has 5 nitrogen and oxygen atoms in total. The van der Waals surface area contributed by atoms with E-state index in [-0.39, 0.29) is 11.5 Å². The van der Waals surface area contributed by atoms with Gasteiger partial charge >= 0.3 is 0 Å². The summed E-state index contributed by atoms with van der Waals surface area (Å²) in [5.74, 6) is 0.0846. The number of nitro groups is 1. The Hall–Kier alpha value is -2.76. The molecule has 0 saturated carbocycles. The van der Waals surface area contributed by atoms with E-state index in [1.165, 1.54) is 24.3 Å². The van der Waals surface area contributed by atoms with Crippen molar-refractivity contribution in [2.45, 2.75) is 19.8 Å². The van der Waals surface area contributed by atoms with Crippen molar-refractivity contribution in [1.29, 1.82) is 0 Å². The maximum Gasteiger partial charge on any atom is 0.273 e. The van der Waals surface area contributed by atoms with Gasteiger partial charge in [-0.2, -0.15) is 0 Å². The van der Waals surface area contributed by atoms with Gasteiger partial charge in [0.15, 0.2) is 0 Å². The molecule has 2 aromatic rings. The second kappa shape index (κ2) is 8.03. The predicted octanol–water partition coefficient (Wildman–Crippen LogP) is 4.66. The van der Waals surface area contributed by atoms with Crippen molar-refractivity contribution in [3.8, 4) is 5.75 Å². The van der Waals surface area contributed by atoms with E-state index in [2.05, 4.69) is 4.99 Å². The van der Waals surface area contributed by atoms with Gasteiger partial charge < -0.3 is 4.74 Å². The fraction of sp³-hybridized carbons (Fsp3) is 0.235. The third-order valence-electron chi connectivity index (χ3n) is 3.14. The second-order valence-corrected chi connectivity index (χ2v) is 4.92. The average molecular weight is 316 g/mol. The van der Waals surface area contributed by atoms with E-state index in [0.717, 1.165) is 12.8 Å². The monoisotopic (exact) mass is 316 g/mol. The molecule has 23 heavy (non-hydrogen) atoms. The zero-order chi connectivity index (χ0) is 16.7. The standard InChI is InChI=1S/C17H17FN2O3/c1-2-3-10-23-17-11-16(20(21)22)9-4-13(17)12-19-15-7-5-14(18)6-8-15/h4-9,11-12H,2-3,10H2,1H3/b19-12+. The summed E-state index contributed by atoms with van der Waals surface area (Å²) in [7, 11) is 0. The number of nitro benzene ring substituents is 1. The molecular formula is C17H17FN2O3. The highest BCUT2D eigenvalue weighted by molar-refractivity contribution is 5.86. The van der Waals surface area contributed by atoms with Crippen LogP contribution >= 0.6 is 0 Å². The average Bonchev–Trinajstić information content (AvgIpc) is 2.55. The first-order valence-corrected chi connectivity index (χ1v) is 7.31. The van der Waals surface area contributed by atoms with Gasteiger partial charge in [0.1, 0.15) is 11.6 Å². The van der Waals surface area contributed by atoms with Crippen molar-refractivity contribution in [2.75, 3.05) is 6.61 Å². The second-order valence-electron chi connectivity index (χ2n) is 4.92. The van der Waals surface area contributed by atoms with Gasteiger partial charge in [0.05, 0.1) is 23.3 Å². The van der Waals surface area contributed by atoms with Crippen LogP contribution in [0.1, 0.15) is 25.3 Å². The zero-order valence-corrected chi connectivity index (χ0v) is 12.7. The smallest absolute Gasteiger partial charge is 0.273 e. The summed E-state index contributed by atoms with van der Waals surface area (Å²) in [6, 6.07) is 10.1. The molecule has 0 amide bonds. The molecule has 0 fully saturated rings. The Bertz CT molecular complexity index is 699. The van der Waals surface area contributed by atoms with Crippen LogP contribution in [0.15, 0.2) is 47.5 Å². The number of nitrogens with zero attached hydrogens (tertiary/aromatic N) is 2. The molecule has 0 spiro atoms. The Morgan fingerprint density at radius 2 is 2.00 bits per heavy atom. The van der Waals surface area contributed by atoms with Crippen LogP contribution in [0.2, 0.25) is 0 Å². The number of ether oxygens (including phenoxy) is 1. The van der Waals surface area contributed by atoms with Crippen LogP contribution < -0.4 is 4.74 Å². The molecule has 0 heterocycles. The van der Waals surface area contributed by atoms with Gasteiger partial charge in [-0.05, 0) is 36.8 Å². The Kier molecular flexibility index (Phi) is 5.80. The number of non-ortho nitro benzene ring substituents is 1. The van der Waals surface area contributed by atoms with Crippen LogP contribution in [0.4, 0.5) is 15.8 Å². The Balaban J connectivity index is 2.24. The summed E-state index contributed by atoms with van der Waals surface area (Å²) in [6.45, 7) is 2.52. The lowest BCUT2D eigenvalue weighted by Crippen LogP contribution is -2.00. The van der Waals surface area contributed by atoms with Crippen molar-refractivity contribution in [2.24, 2.45) is 4.99 Å². The van der Waals surface area contributed by atoms with Gasteiger partial charge in [-0.15, -0.1) is 0 Å². The SMILES string of the molecule is CCCCOc1cc([N+](=O)[O-])ccc1/C=N/c1ccc(F)cc1. The molecule has 0 atom stereocenters. The fourth-order valence-electron chi connectivity index (χ4n) is 1.87. The summed E-state index contributed by atoms with van der Waals surface area (Å²) < 4.78 is 18.5. The third-order valence-corrected chi connectivity index (χ3v) is 3.14. The van der Waals surface area contributed by atoms with Gasteiger partial charge in [-0.25, -0.2) is 4.39 Å². The number of benzene rings is 2. The molecule has 0 aliphatic rings. The van der Waals surface area contributed by atoms with Gasteiger partial charge in [0.2, 0.25) is 0 Å². The quantitative estimate of drug-likeness (QED) is 0.323. The van der Waals surface area contributed by atoms with Crippen LogP contribution in [-0.2, 0) is 0 Å². The van der Waals surface area contributed by atoms with Crippen molar-refractivity contribution in [3.05, 3.63) is 64.0 Å². The summed E-state index contributed by atoms with van der Waals surface area (Å²) in [5.41, 5.74) is 1.19. The lowest BCUT2D eigenvalue weighted by molar-refractivity contribution is -0.384. The van der Waals surface area contributed by atoms with Crippen LogP contribution in [0, 0.1) is 15.9 Å². The minimum absolute atomic E-state index is 0.0320. The number of hydrogen-bond acceptors (Lipinski definition) is 4. The van der Waals surface area contributed by atoms with Crippen molar-refractivity contribution < 1.29 is 14.1 Å². The van der Waals surface area contributed by atoms with Crippen molar-refractivity contribution in [1.82, 2.24) is 0 Å². The molecule has 0 aliphatic carbocycles. The van der Waals surface area contributed by atoms with E-state index >= 15 is 0 Å². The van der Waals surface area contributed by atoms with Gasteiger partial charge in [-0.1, -0.05) is 13.3 Å². The predicted molar refractivity (Wildman–Crippen MR) is 87.2 cm³/mol. The van der Waals surface area contributed by atoms with E-state index in [1.54, 1.807) is 24.4 Å². The molecule has 0 radical (unpaired) electrons. The zero-order valence-electron chi connectivity index (χ0n) is 12.7. The van der Waals surface area contributed by atoms with Crippen LogP contribution in [-0.4, -0.2) is 17.7 Å². The van der Waals surface area contributed by atoms with Crippen molar-refractivity contribution in [3.63, 3.8) is 0 Å². The molecule has 0 unspecified atom stereocenters. The Morgan fingerprint density at radius 3 is 2.65 bits per heavy atom. The highest BCUT2D eigenvalue weighted by Gasteiger charge is 2.11. The number of halogens is 1. The highest BCUT2D eigenvalue weighted by atomic mass is 19.1. The third kappa shape index (κ3) is 4.88. The first-order valence-electron chi connectivity index (χ1n) is 7.31. The molecule has 0 bridgehead atoms. The topological polar surface area (TPSA) is 64.7 Å². The van der Waals surface area contributed by atoms with E-state index < -0.39 is 4.92 Å². The Labute approximate surface area is 133 Å². The van der Waals surface area contributed by atoms with Crippen molar-refractivity contribution >= 4 is 17.6 Å². The first-order chi connectivity index (χ1) is 11.1. The maximum absolute atomic E-state index is 12.9. The fourth-order valence-corrected chi connectivity index (χ4v) is 1.87. The van der Waals surface area contributed by atoms with Crippen LogP contribution in [0.3, 0.4) is 0 Å². The minimum Gasteiger partial charge on any atom is -0.493 e. The van der Waals surface area contributed by atoms with Gasteiger partial charge in [0, 0.05) is 17.8 Å². The molecule has 0 saturated heterocycles. The molecule has 0 aliphatic heterocycles. The highest BCUT2D eigenvalue weighted by Crippen LogP contribution is 2.25. The van der Waals surface area contributed by atoms with Crippen LogP contribution in [0.25, 0.3) is 0 Å². The first kappa shape index (κ1) is 16.6. The number of hydrogen-bond donors (Lipinski definition) is 0. The maximum atomic E-state index is 12.9. The number of unbranched alkanes of at least 4 members (excludes halogenated alkanes) is 1. The summed E-state index contributed by atoms with van der Waals surface area (Å²) in [4.78, 5) is 14.7. The van der Waals surface area contributed by atoms with E-state index in [0.29, 0.717) is 23.6 Å². The summed E-state index contributed by atoms with van der Waals surface area (Å²) in [6.07, 6.45) is 3.38. The summed E-state index contributed by atoms with van der Waals surface area (Å²) in [5, 5.41) is 10.9. The molecule has 0 N–H and O–H groups in total. The number of rotatable bonds is 7. The molecule has 2 aromatic carbocycles. The summed E-state index contributed by atoms with van der Waals surface area (Å²) >= 11 is 0. The lowest BCUT2D eigenvalue weighted by Gasteiger charge is -2.08. The lowest BCUT2D eigenvalue weighted by atomic mass is 10.2. The molecule has 0 aromatic heterocycles. The van der Waals surface area contributed by atoms with E-state index in [1.807, 2.05) is 6.92 Å². The van der Waals surface area contributed by atoms with Gasteiger partial charge in [0.25, 0.3) is 5.69 Å². The Morgan fingerprint density at radius 1 is 1.26 bits per heavy atom. The largest absolute Gasteiger partial charge is 0.493 e.